The molecule has 0 aliphatic carbocycles. The van der Waals surface area contributed by atoms with Gasteiger partial charge in [0.25, 0.3) is 0 Å². The van der Waals surface area contributed by atoms with E-state index < -0.39 is 0 Å². The summed E-state index contributed by atoms with van der Waals surface area (Å²) in [5.41, 5.74) is 0.291. The highest BCUT2D eigenvalue weighted by Crippen LogP contribution is 2.24. The van der Waals surface area contributed by atoms with Crippen LogP contribution in [0.3, 0.4) is 0 Å². The van der Waals surface area contributed by atoms with Crippen molar-refractivity contribution < 1.29 is 13.9 Å². The first kappa shape index (κ1) is 16.0. The van der Waals surface area contributed by atoms with Gasteiger partial charge in [-0.15, -0.1) is 0 Å². The van der Waals surface area contributed by atoms with Crippen LogP contribution in [0.2, 0.25) is 0 Å². The topological polar surface area (TPSA) is 33.7 Å². The molecule has 0 radical (unpaired) electrons. The fourth-order valence-electron chi connectivity index (χ4n) is 2.21. The predicted octanol–water partition coefficient (Wildman–Crippen LogP) is 2.75. The third kappa shape index (κ3) is 5.52. The summed E-state index contributed by atoms with van der Waals surface area (Å²) >= 11 is 0. The van der Waals surface area contributed by atoms with Crippen molar-refractivity contribution >= 4 is 5.69 Å². The van der Waals surface area contributed by atoms with Gasteiger partial charge in [-0.1, -0.05) is 0 Å². The van der Waals surface area contributed by atoms with Crippen LogP contribution in [0.25, 0.3) is 0 Å². The number of ether oxygens (including phenoxy) is 2. The van der Waals surface area contributed by atoms with E-state index in [9.17, 15) is 4.39 Å². The number of nitrogens with one attached hydrogen (secondary N) is 1. The van der Waals surface area contributed by atoms with Crippen molar-refractivity contribution in [3.8, 4) is 5.75 Å². The molecule has 1 fully saturated rings. The maximum atomic E-state index is 13.8. The Kier molecular flexibility index (Phi) is 5.42. The van der Waals surface area contributed by atoms with Gasteiger partial charge in [0.1, 0.15) is 18.2 Å². The Morgan fingerprint density at radius 3 is 2.67 bits per heavy atom. The fraction of sp³-hybridized carbons (Fsp3) is 0.625. The van der Waals surface area contributed by atoms with Crippen LogP contribution in [0.15, 0.2) is 18.2 Å². The second-order valence-corrected chi connectivity index (χ2v) is 6.32. The molecule has 1 aromatic carbocycles. The first-order chi connectivity index (χ1) is 9.94. The molecule has 4 nitrogen and oxygen atoms in total. The van der Waals surface area contributed by atoms with Gasteiger partial charge in [-0.25, -0.2) is 4.39 Å². The molecule has 0 unspecified atom stereocenters. The Balaban J connectivity index is 1.86. The third-order valence-corrected chi connectivity index (χ3v) is 3.23. The molecule has 0 bridgehead atoms. The van der Waals surface area contributed by atoms with Crippen molar-refractivity contribution in [3.63, 3.8) is 0 Å². The summed E-state index contributed by atoms with van der Waals surface area (Å²) < 4.78 is 24.8. The third-order valence-electron chi connectivity index (χ3n) is 3.23. The van der Waals surface area contributed by atoms with Crippen LogP contribution in [-0.2, 0) is 4.74 Å². The number of nitrogens with zero attached hydrogens (tertiary/aromatic N) is 1. The second kappa shape index (κ2) is 7.09. The maximum Gasteiger partial charge on any atom is 0.146 e. The summed E-state index contributed by atoms with van der Waals surface area (Å²) in [5, 5.41) is 3.15. The van der Waals surface area contributed by atoms with E-state index in [4.69, 9.17) is 9.47 Å². The van der Waals surface area contributed by atoms with E-state index in [-0.39, 0.29) is 11.4 Å². The van der Waals surface area contributed by atoms with E-state index in [1.807, 2.05) is 20.8 Å². The van der Waals surface area contributed by atoms with Crippen molar-refractivity contribution in [2.75, 3.05) is 44.8 Å². The lowest BCUT2D eigenvalue weighted by Gasteiger charge is -2.26. The lowest BCUT2D eigenvalue weighted by molar-refractivity contribution is 0.0322. The normalized spacial score (nSPS) is 16.8. The molecule has 0 aromatic heterocycles. The predicted molar refractivity (Wildman–Crippen MR) is 82.5 cm³/mol. The zero-order chi connectivity index (χ0) is 15.3. The minimum Gasteiger partial charge on any atom is -0.492 e. The lowest BCUT2D eigenvalue weighted by atomic mass is 10.1. The second-order valence-electron chi connectivity index (χ2n) is 6.32. The summed E-state index contributed by atoms with van der Waals surface area (Å²) in [4.78, 5) is 2.31. The van der Waals surface area contributed by atoms with Crippen LogP contribution in [-0.4, -0.2) is 49.9 Å². The fourth-order valence-corrected chi connectivity index (χ4v) is 2.21. The first-order valence-corrected chi connectivity index (χ1v) is 7.45. The van der Waals surface area contributed by atoms with Gasteiger partial charge >= 0.3 is 0 Å². The van der Waals surface area contributed by atoms with Gasteiger partial charge in [-0.05, 0) is 32.9 Å². The molecule has 0 atom stereocenters. The summed E-state index contributed by atoms with van der Waals surface area (Å²) in [6, 6.07) is 4.83. The Labute approximate surface area is 126 Å². The SMILES string of the molecule is CC(C)(C)Nc1cc(OCCN2CCOCC2)ccc1F. The molecule has 1 aliphatic rings. The molecule has 0 spiro atoms. The quantitative estimate of drug-likeness (QED) is 0.906. The first-order valence-electron chi connectivity index (χ1n) is 7.45. The highest BCUT2D eigenvalue weighted by molar-refractivity contribution is 5.51. The van der Waals surface area contributed by atoms with Gasteiger partial charge in [0.15, 0.2) is 0 Å². The monoisotopic (exact) mass is 296 g/mol. The van der Waals surface area contributed by atoms with Gasteiger partial charge in [-0.3, -0.25) is 4.90 Å². The zero-order valence-corrected chi connectivity index (χ0v) is 13.1. The summed E-state index contributed by atoms with van der Waals surface area (Å²) in [7, 11) is 0. The van der Waals surface area contributed by atoms with E-state index >= 15 is 0 Å². The van der Waals surface area contributed by atoms with Gasteiger partial charge in [0.2, 0.25) is 0 Å². The molecule has 1 aromatic rings. The summed E-state index contributed by atoms with van der Waals surface area (Å²) in [6.07, 6.45) is 0. The molecular formula is C16H25FN2O2. The molecule has 0 amide bonds. The zero-order valence-electron chi connectivity index (χ0n) is 13.1. The Hall–Kier alpha value is -1.33. The molecule has 21 heavy (non-hydrogen) atoms. The Bertz CT molecular complexity index is 454. The molecule has 1 aliphatic heterocycles. The number of hydrogen-bond donors (Lipinski definition) is 1. The average Bonchev–Trinajstić information content (AvgIpc) is 2.42. The van der Waals surface area contributed by atoms with E-state index in [2.05, 4.69) is 10.2 Å². The molecule has 2 rings (SSSR count). The largest absolute Gasteiger partial charge is 0.492 e. The molecule has 0 saturated carbocycles. The molecular weight excluding hydrogens is 271 g/mol. The minimum absolute atomic E-state index is 0.187. The van der Waals surface area contributed by atoms with Crippen LogP contribution in [0.1, 0.15) is 20.8 Å². The van der Waals surface area contributed by atoms with Crippen LogP contribution in [0.5, 0.6) is 5.75 Å². The minimum atomic E-state index is -0.259. The Morgan fingerprint density at radius 2 is 2.00 bits per heavy atom. The van der Waals surface area contributed by atoms with Crippen molar-refractivity contribution in [2.24, 2.45) is 0 Å². The van der Waals surface area contributed by atoms with E-state index in [1.54, 1.807) is 12.1 Å². The highest BCUT2D eigenvalue weighted by Gasteiger charge is 2.14. The van der Waals surface area contributed by atoms with Gasteiger partial charge in [-0.2, -0.15) is 0 Å². The summed E-state index contributed by atoms with van der Waals surface area (Å²) in [5.74, 6) is 0.432. The molecule has 1 saturated heterocycles. The van der Waals surface area contributed by atoms with E-state index in [0.29, 0.717) is 18.0 Å². The smallest absolute Gasteiger partial charge is 0.146 e. The average molecular weight is 296 g/mol. The number of rotatable bonds is 5. The number of hydrogen-bond acceptors (Lipinski definition) is 4. The number of morpholine rings is 1. The summed E-state index contributed by atoms with van der Waals surface area (Å²) in [6.45, 7) is 10.9. The van der Waals surface area contributed by atoms with Crippen LogP contribution >= 0.6 is 0 Å². The van der Waals surface area contributed by atoms with Gasteiger partial charge in [0.05, 0.1) is 18.9 Å². The number of anilines is 1. The Morgan fingerprint density at radius 1 is 1.29 bits per heavy atom. The van der Waals surface area contributed by atoms with Crippen LogP contribution < -0.4 is 10.1 Å². The van der Waals surface area contributed by atoms with E-state index in [0.717, 1.165) is 32.8 Å². The number of halogens is 1. The van der Waals surface area contributed by atoms with Gasteiger partial charge < -0.3 is 14.8 Å². The molecule has 118 valence electrons. The van der Waals surface area contributed by atoms with Crippen molar-refractivity contribution in [2.45, 2.75) is 26.3 Å². The maximum absolute atomic E-state index is 13.8. The van der Waals surface area contributed by atoms with Gasteiger partial charge in [0, 0.05) is 31.2 Å². The van der Waals surface area contributed by atoms with E-state index in [1.165, 1.54) is 6.07 Å². The molecule has 1 heterocycles. The van der Waals surface area contributed by atoms with Crippen molar-refractivity contribution in [1.82, 2.24) is 4.90 Å². The standard InChI is InChI=1S/C16H25FN2O2/c1-16(2,3)18-15-12-13(4-5-14(15)17)21-11-8-19-6-9-20-10-7-19/h4-5,12,18H,6-11H2,1-3H3. The highest BCUT2D eigenvalue weighted by atomic mass is 19.1. The molecule has 5 heteroatoms. The molecule has 1 N–H and O–H groups in total. The number of benzene rings is 1. The van der Waals surface area contributed by atoms with Crippen LogP contribution in [0.4, 0.5) is 10.1 Å². The lowest BCUT2D eigenvalue weighted by Crippen LogP contribution is -2.38. The van der Waals surface area contributed by atoms with Crippen molar-refractivity contribution in [1.29, 1.82) is 0 Å². The van der Waals surface area contributed by atoms with Crippen molar-refractivity contribution in [3.05, 3.63) is 24.0 Å². The van der Waals surface area contributed by atoms with Crippen LogP contribution in [0, 0.1) is 5.82 Å².